The first kappa shape index (κ1) is 12.1. The highest BCUT2D eigenvalue weighted by atomic mass is 16.3. The van der Waals surface area contributed by atoms with E-state index in [1.54, 1.807) is 12.1 Å². The normalized spacial score (nSPS) is 20.4. The third-order valence-electron chi connectivity index (χ3n) is 3.00. The Hall–Kier alpha value is -1.39. The number of nitrogens with zero attached hydrogens (tertiary/aromatic N) is 1. The fourth-order valence-corrected chi connectivity index (χ4v) is 2.03. The van der Waals surface area contributed by atoms with Crippen LogP contribution in [-0.4, -0.2) is 48.2 Å². The maximum Gasteiger partial charge on any atom is 0.251 e. The van der Waals surface area contributed by atoms with Crippen LogP contribution in [0.15, 0.2) is 30.3 Å². The van der Waals surface area contributed by atoms with Gasteiger partial charge in [0.15, 0.2) is 0 Å². The van der Waals surface area contributed by atoms with Crippen LogP contribution in [0, 0.1) is 0 Å². The number of carbonyl (C=O) groups is 1. The van der Waals surface area contributed by atoms with Crippen LogP contribution in [0.25, 0.3) is 0 Å². The van der Waals surface area contributed by atoms with E-state index in [2.05, 4.69) is 10.2 Å². The number of hydrogen-bond acceptors (Lipinski definition) is 3. The molecule has 1 fully saturated rings. The van der Waals surface area contributed by atoms with Crippen molar-refractivity contribution in [2.24, 2.45) is 0 Å². The molecule has 0 spiro atoms. The zero-order valence-corrected chi connectivity index (χ0v) is 9.80. The second-order valence-electron chi connectivity index (χ2n) is 4.37. The molecule has 1 atom stereocenters. The summed E-state index contributed by atoms with van der Waals surface area (Å²) in [6.07, 6.45) is 0.645. The molecule has 0 bridgehead atoms. The molecule has 4 nitrogen and oxygen atoms in total. The van der Waals surface area contributed by atoms with Crippen molar-refractivity contribution in [1.82, 2.24) is 10.2 Å². The zero-order chi connectivity index (χ0) is 12.1. The lowest BCUT2D eigenvalue weighted by Gasteiger charge is -2.14. The number of carbonyl (C=O) groups excluding carboxylic acids is 1. The molecular formula is C13H18N2O2. The number of hydrogen-bond donors (Lipinski definition) is 2. The fraction of sp³-hybridized carbons (Fsp3) is 0.462. The zero-order valence-electron chi connectivity index (χ0n) is 9.80. The standard InChI is InChI=1S/C13H18N2O2/c16-12-6-8-15(10-12)9-7-14-13(17)11-4-2-1-3-5-11/h1-5,12,16H,6-10H2,(H,14,17)/t12-/m1/s1. The molecule has 1 aromatic rings. The van der Waals surface area contributed by atoms with Crippen molar-refractivity contribution < 1.29 is 9.90 Å². The van der Waals surface area contributed by atoms with Crippen molar-refractivity contribution in [2.75, 3.05) is 26.2 Å². The molecule has 0 aromatic heterocycles. The van der Waals surface area contributed by atoms with Gasteiger partial charge in [-0.1, -0.05) is 18.2 Å². The predicted molar refractivity (Wildman–Crippen MR) is 65.8 cm³/mol. The highest BCUT2D eigenvalue weighted by Crippen LogP contribution is 2.07. The Morgan fingerprint density at radius 1 is 1.41 bits per heavy atom. The van der Waals surface area contributed by atoms with Gasteiger partial charge in [0.2, 0.25) is 0 Å². The Balaban J connectivity index is 1.70. The van der Waals surface area contributed by atoms with E-state index in [0.717, 1.165) is 26.1 Å². The maximum atomic E-state index is 11.7. The van der Waals surface area contributed by atoms with Crippen LogP contribution in [-0.2, 0) is 0 Å². The summed E-state index contributed by atoms with van der Waals surface area (Å²) in [6, 6.07) is 9.20. The summed E-state index contributed by atoms with van der Waals surface area (Å²) < 4.78 is 0. The number of β-amino-alcohol motifs (C(OH)–C–C–N with tert-alkyl or cyclic N) is 1. The van der Waals surface area contributed by atoms with E-state index in [4.69, 9.17) is 0 Å². The molecule has 1 aliphatic heterocycles. The maximum absolute atomic E-state index is 11.7. The molecule has 1 amide bonds. The molecule has 0 unspecified atom stereocenters. The van der Waals surface area contributed by atoms with Crippen molar-refractivity contribution in [2.45, 2.75) is 12.5 Å². The number of amides is 1. The van der Waals surface area contributed by atoms with Gasteiger partial charge in [-0.15, -0.1) is 0 Å². The predicted octanol–water partition coefficient (Wildman–Crippen LogP) is 0.483. The summed E-state index contributed by atoms with van der Waals surface area (Å²) in [4.78, 5) is 13.9. The Morgan fingerprint density at radius 2 is 2.18 bits per heavy atom. The first-order valence-electron chi connectivity index (χ1n) is 5.99. The minimum atomic E-state index is -0.195. The van der Waals surface area contributed by atoms with Crippen LogP contribution in [0.3, 0.4) is 0 Å². The fourth-order valence-electron chi connectivity index (χ4n) is 2.03. The van der Waals surface area contributed by atoms with Gasteiger partial charge in [0.25, 0.3) is 5.91 Å². The Bertz CT molecular complexity index is 367. The molecule has 92 valence electrons. The number of benzene rings is 1. The van der Waals surface area contributed by atoms with Gasteiger partial charge in [-0.05, 0) is 18.6 Å². The van der Waals surface area contributed by atoms with Gasteiger partial charge < -0.3 is 10.4 Å². The molecular weight excluding hydrogens is 216 g/mol. The molecule has 1 aliphatic rings. The van der Waals surface area contributed by atoms with Gasteiger partial charge in [-0.3, -0.25) is 9.69 Å². The first-order valence-corrected chi connectivity index (χ1v) is 5.99. The Morgan fingerprint density at radius 3 is 2.82 bits per heavy atom. The lowest BCUT2D eigenvalue weighted by molar-refractivity contribution is 0.0949. The van der Waals surface area contributed by atoms with Gasteiger partial charge in [0, 0.05) is 31.7 Å². The molecule has 4 heteroatoms. The van der Waals surface area contributed by atoms with Crippen molar-refractivity contribution in [1.29, 1.82) is 0 Å². The van der Waals surface area contributed by atoms with E-state index in [0.29, 0.717) is 12.1 Å². The molecule has 1 heterocycles. The van der Waals surface area contributed by atoms with Gasteiger partial charge in [0.1, 0.15) is 0 Å². The summed E-state index contributed by atoms with van der Waals surface area (Å²) in [5.41, 5.74) is 0.689. The molecule has 0 radical (unpaired) electrons. The molecule has 17 heavy (non-hydrogen) atoms. The highest BCUT2D eigenvalue weighted by molar-refractivity contribution is 5.94. The van der Waals surface area contributed by atoms with E-state index in [9.17, 15) is 9.90 Å². The third-order valence-corrected chi connectivity index (χ3v) is 3.00. The number of aliphatic hydroxyl groups excluding tert-OH is 1. The number of nitrogens with one attached hydrogen (secondary N) is 1. The van der Waals surface area contributed by atoms with Crippen molar-refractivity contribution in [3.63, 3.8) is 0 Å². The molecule has 2 rings (SSSR count). The van der Waals surface area contributed by atoms with Gasteiger partial charge >= 0.3 is 0 Å². The summed E-state index contributed by atoms with van der Waals surface area (Å²) >= 11 is 0. The van der Waals surface area contributed by atoms with Crippen LogP contribution in [0.1, 0.15) is 16.8 Å². The summed E-state index contributed by atoms with van der Waals surface area (Å²) in [7, 11) is 0. The Labute approximate surface area is 101 Å². The van der Waals surface area contributed by atoms with Crippen molar-refractivity contribution >= 4 is 5.91 Å². The lowest BCUT2D eigenvalue weighted by Crippen LogP contribution is -2.34. The van der Waals surface area contributed by atoms with Crippen molar-refractivity contribution in [3.8, 4) is 0 Å². The van der Waals surface area contributed by atoms with Gasteiger partial charge in [0.05, 0.1) is 6.10 Å². The summed E-state index contributed by atoms with van der Waals surface area (Å²) in [5.74, 6) is -0.0367. The average molecular weight is 234 g/mol. The monoisotopic (exact) mass is 234 g/mol. The SMILES string of the molecule is O=C(NCCN1CC[C@@H](O)C1)c1ccccc1. The quantitative estimate of drug-likeness (QED) is 0.797. The average Bonchev–Trinajstić information content (AvgIpc) is 2.76. The summed E-state index contributed by atoms with van der Waals surface area (Å²) in [5, 5.41) is 12.2. The third kappa shape index (κ3) is 3.54. The van der Waals surface area contributed by atoms with Crippen molar-refractivity contribution in [3.05, 3.63) is 35.9 Å². The van der Waals surface area contributed by atoms with E-state index in [1.807, 2.05) is 18.2 Å². The van der Waals surface area contributed by atoms with E-state index >= 15 is 0 Å². The number of likely N-dealkylation sites (tertiary alicyclic amines) is 1. The molecule has 1 aromatic carbocycles. The van der Waals surface area contributed by atoms with Crippen LogP contribution in [0.4, 0.5) is 0 Å². The minimum Gasteiger partial charge on any atom is -0.392 e. The molecule has 0 saturated carbocycles. The molecule has 0 aliphatic carbocycles. The lowest BCUT2D eigenvalue weighted by atomic mass is 10.2. The van der Waals surface area contributed by atoms with Gasteiger partial charge in [-0.25, -0.2) is 0 Å². The molecule has 2 N–H and O–H groups in total. The highest BCUT2D eigenvalue weighted by Gasteiger charge is 2.19. The first-order chi connectivity index (χ1) is 8.25. The number of aliphatic hydroxyl groups is 1. The van der Waals surface area contributed by atoms with Crippen LogP contribution in [0.5, 0.6) is 0 Å². The smallest absolute Gasteiger partial charge is 0.251 e. The second-order valence-corrected chi connectivity index (χ2v) is 4.37. The van der Waals surface area contributed by atoms with Gasteiger partial charge in [-0.2, -0.15) is 0 Å². The minimum absolute atomic E-state index is 0.0367. The topological polar surface area (TPSA) is 52.6 Å². The largest absolute Gasteiger partial charge is 0.392 e. The van der Waals surface area contributed by atoms with Crippen LogP contribution >= 0.6 is 0 Å². The van der Waals surface area contributed by atoms with Crippen LogP contribution < -0.4 is 5.32 Å². The second kappa shape index (κ2) is 5.80. The summed E-state index contributed by atoms with van der Waals surface area (Å²) in [6.45, 7) is 3.07. The van der Waals surface area contributed by atoms with E-state index < -0.39 is 0 Å². The Kier molecular flexibility index (Phi) is 4.12. The van der Waals surface area contributed by atoms with Crippen LogP contribution in [0.2, 0.25) is 0 Å². The molecule has 1 saturated heterocycles. The number of rotatable bonds is 4. The van der Waals surface area contributed by atoms with E-state index in [1.165, 1.54) is 0 Å². The van der Waals surface area contributed by atoms with E-state index in [-0.39, 0.29) is 12.0 Å².